The molecule has 0 spiro atoms. The first-order valence-electron chi connectivity index (χ1n) is 11.5. The minimum absolute atomic E-state index is 0.101. The summed E-state index contributed by atoms with van der Waals surface area (Å²) in [5.41, 5.74) is 2.12. The number of carbonyl (C=O) groups excluding carboxylic acids is 1. The van der Waals surface area contributed by atoms with Crippen LogP contribution in [0.15, 0.2) is 71.8 Å². The molecule has 2 N–H and O–H groups in total. The van der Waals surface area contributed by atoms with Crippen molar-refractivity contribution in [2.45, 2.75) is 31.2 Å². The number of nitrogens with one attached hydrogen (secondary N) is 2. The normalized spacial score (nSPS) is 16.9. The van der Waals surface area contributed by atoms with Crippen LogP contribution in [0.3, 0.4) is 0 Å². The monoisotopic (exact) mass is 481 g/mol. The van der Waals surface area contributed by atoms with E-state index in [1.807, 2.05) is 37.3 Å². The minimum atomic E-state index is -3.54. The Bertz CT molecular complexity index is 1190. The molecule has 1 saturated heterocycles. The summed E-state index contributed by atoms with van der Waals surface area (Å²) in [5, 5.41) is 7.29. The maximum Gasteiger partial charge on any atom is 0.240 e. The van der Waals surface area contributed by atoms with E-state index in [0.717, 1.165) is 30.5 Å². The standard InChI is InChI=1S/C25H31N5O3S/c1-20-9-11-23(12-10-20)34(32,33)27-16-22-8-5-15-29(17-22)19-25(31)28-24-13-14-26-30(24)18-21-6-3-2-4-7-21/h2-4,6-7,9-14,22,27H,5,8,15-19H2,1H3,(H,28,31). The first kappa shape index (κ1) is 24.1. The number of carbonyl (C=O) groups is 1. The van der Waals surface area contributed by atoms with E-state index in [-0.39, 0.29) is 23.3 Å². The molecule has 2 aromatic carbocycles. The fraction of sp³-hybridized carbons (Fsp3) is 0.360. The van der Waals surface area contributed by atoms with E-state index in [2.05, 4.69) is 20.0 Å². The van der Waals surface area contributed by atoms with Crippen molar-refractivity contribution in [2.75, 3.05) is 31.5 Å². The lowest BCUT2D eigenvalue weighted by atomic mass is 9.98. The molecular formula is C25H31N5O3S. The number of aromatic nitrogens is 2. The number of benzene rings is 2. The van der Waals surface area contributed by atoms with Gasteiger partial charge in [-0.05, 0) is 49.9 Å². The van der Waals surface area contributed by atoms with E-state index in [0.29, 0.717) is 25.5 Å². The molecule has 1 fully saturated rings. The minimum Gasteiger partial charge on any atom is -0.310 e. The summed E-state index contributed by atoms with van der Waals surface area (Å²) in [6.45, 7) is 4.62. The summed E-state index contributed by atoms with van der Waals surface area (Å²) < 4.78 is 29.7. The van der Waals surface area contributed by atoms with Crippen molar-refractivity contribution in [3.63, 3.8) is 0 Å². The Morgan fingerprint density at radius 1 is 1.09 bits per heavy atom. The number of amides is 1. The van der Waals surface area contributed by atoms with Gasteiger partial charge >= 0.3 is 0 Å². The first-order valence-corrected chi connectivity index (χ1v) is 13.0. The Labute approximate surface area is 201 Å². The van der Waals surface area contributed by atoms with E-state index in [9.17, 15) is 13.2 Å². The number of hydrogen-bond donors (Lipinski definition) is 2. The largest absolute Gasteiger partial charge is 0.310 e. The lowest BCUT2D eigenvalue weighted by Crippen LogP contribution is -2.44. The molecule has 1 atom stereocenters. The van der Waals surface area contributed by atoms with Crippen molar-refractivity contribution in [3.05, 3.63) is 78.0 Å². The van der Waals surface area contributed by atoms with Gasteiger partial charge in [0.25, 0.3) is 0 Å². The second-order valence-electron chi connectivity index (χ2n) is 8.82. The highest BCUT2D eigenvalue weighted by molar-refractivity contribution is 7.89. The molecule has 3 aromatic rings. The highest BCUT2D eigenvalue weighted by atomic mass is 32.2. The lowest BCUT2D eigenvalue weighted by Gasteiger charge is -2.32. The van der Waals surface area contributed by atoms with Crippen LogP contribution in [-0.4, -0.2) is 55.2 Å². The van der Waals surface area contributed by atoms with Gasteiger partial charge in [0, 0.05) is 19.2 Å². The summed E-state index contributed by atoms with van der Waals surface area (Å²) >= 11 is 0. The Morgan fingerprint density at radius 3 is 2.62 bits per heavy atom. The Morgan fingerprint density at radius 2 is 1.85 bits per heavy atom. The molecule has 0 aliphatic carbocycles. The zero-order valence-corrected chi connectivity index (χ0v) is 20.2. The number of anilines is 1. The molecule has 9 heteroatoms. The summed E-state index contributed by atoms with van der Waals surface area (Å²) in [4.78, 5) is 15.1. The van der Waals surface area contributed by atoms with Crippen LogP contribution >= 0.6 is 0 Å². The van der Waals surface area contributed by atoms with Crippen LogP contribution in [0.1, 0.15) is 24.0 Å². The average molecular weight is 482 g/mol. The summed E-state index contributed by atoms with van der Waals surface area (Å²) in [5.74, 6) is 0.717. The number of aryl methyl sites for hydroxylation is 1. The van der Waals surface area contributed by atoms with Crippen molar-refractivity contribution in [3.8, 4) is 0 Å². The molecule has 34 heavy (non-hydrogen) atoms. The third-order valence-corrected chi connectivity index (χ3v) is 7.46. The van der Waals surface area contributed by atoms with Gasteiger partial charge in [-0.1, -0.05) is 48.0 Å². The third-order valence-electron chi connectivity index (χ3n) is 6.02. The second-order valence-corrected chi connectivity index (χ2v) is 10.6. The second kappa shape index (κ2) is 10.9. The molecule has 0 saturated carbocycles. The van der Waals surface area contributed by atoms with Crippen LogP contribution in [-0.2, 0) is 21.4 Å². The predicted molar refractivity (Wildman–Crippen MR) is 132 cm³/mol. The van der Waals surface area contributed by atoms with Gasteiger partial charge in [0.2, 0.25) is 15.9 Å². The van der Waals surface area contributed by atoms with Crippen LogP contribution in [0.4, 0.5) is 5.82 Å². The fourth-order valence-electron chi connectivity index (χ4n) is 4.20. The zero-order valence-electron chi connectivity index (χ0n) is 19.4. The highest BCUT2D eigenvalue weighted by Gasteiger charge is 2.24. The smallest absolute Gasteiger partial charge is 0.240 e. The van der Waals surface area contributed by atoms with Crippen LogP contribution in [0, 0.1) is 12.8 Å². The summed E-state index contributed by atoms with van der Waals surface area (Å²) in [6.07, 6.45) is 3.53. The van der Waals surface area contributed by atoms with Gasteiger partial charge < -0.3 is 5.32 Å². The van der Waals surface area contributed by atoms with Gasteiger partial charge in [0.1, 0.15) is 5.82 Å². The van der Waals surface area contributed by atoms with Crippen molar-refractivity contribution in [1.29, 1.82) is 0 Å². The van der Waals surface area contributed by atoms with Gasteiger partial charge in [0.15, 0.2) is 0 Å². The van der Waals surface area contributed by atoms with E-state index >= 15 is 0 Å². The topological polar surface area (TPSA) is 96.3 Å². The third kappa shape index (κ3) is 6.53. The Hall–Kier alpha value is -3.01. The number of sulfonamides is 1. The van der Waals surface area contributed by atoms with E-state index in [4.69, 9.17) is 0 Å². The molecule has 1 aromatic heterocycles. The maximum atomic E-state index is 12.7. The molecule has 0 radical (unpaired) electrons. The number of nitrogens with zero attached hydrogens (tertiary/aromatic N) is 3. The zero-order chi connectivity index (χ0) is 24.0. The molecule has 4 rings (SSSR count). The lowest BCUT2D eigenvalue weighted by molar-refractivity contribution is -0.117. The predicted octanol–water partition coefficient (Wildman–Crippen LogP) is 2.87. The van der Waals surface area contributed by atoms with E-state index in [1.54, 1.807) is 41.2 Å². The van der Waals surface area contributed by atoms with Crippen molar-refractivity contribution in [1.82, 2.24) is 19.4 Å². The summed E-state index contributed by atoms with van der Waals surface area (Å²) in [6, 6.07) is 18.6. The van der Waals surface area contributed by atoms with Crippen LogP contribution < -0.4 is 10.0 Å². The quantitative estimate of drug-likeness (QED) is 0.490. The maximum absolute atomic E-state index is 12.7. The van der Waals surface area contributed by atoms with Gasteiger partial charge in [-0.25, -0.2) is 17.8 Å². The molecule has 180 valence electrons. The van der Waals surface area contributed by atoms with Crippen molar-refractivity contribution >= 4 is 21.7 Å². The Balaban J connectivity index is 1.27. The fourth-order valence-corrected chi connectivity index (χ4v) is 5.31. The van der Waals surface area contributed by atoms with Crippen LogP contribution in [0.5, 0.6) is 0 Å². The molecule has 1 aliphatic heterocycles. The van der Waals surface area contributed by atoms with Gasteiger partial charge in [0.05, 0.1) is 24.2 Å². The molecule has 1 unspecified atom stereocenters. The van der Waals surface area contributed by atoms with Gasteiger partial charge in [-0.3, -0.25) is 9.69 Å². The van der Waals surface area contributed by atoms with Crippen LogP contribution in [0.2, 0.25) is 0 Å². The van der Waals surface area contributed by atoms with E-state index in [1.165, 1.54) is 0 Å². The first-order chi connectivity index (χ1) is 16.4. The molecule has 2 heterocycles. The molecule has 1 amide bonds. The molecule has 8 nitrogen and oxygen atoms in total. The van der Waals surface area contributed by atoms with Gasteiger partial charge in [-0.2, -0.15) is 5.10 Å². The van der Waals surface area contributed by atoms with Crippen LogP contribution in [0.25, 0.3) is 0 Å². The van der Waals surface area contributed by atoms with Crippen molar-refractivity contribution < 1.29 is 13.2 Å². The molecular weight excluding hydrogens is 450 g/mol. The number of hydrogen-bond acceptors (Lipinski definition) is 5. The molecule has 1 aliphatic rings. The summed E-state index contributed by atoms with van der Waals surface area (Å²) in [7, 11) is -3.54. The average Bonchev–Trinajstić information content (AvgIpc) is 3.25. The van der Waals surface area contributed by atoms with Gasteiger partial charge in [-0.15, -0.1) is 0 Å². The van der Waals surface area contributed by atoms with Crippen molar-refractivity contribution in [2.24, 2.45) is 5.92 Å². The highest BCUT2D eigenvalue weighted by Crippen LogP contribution is 2.18. The Kier molecular flexibility index (Phi) is 7.77. The number of likely N-dealkylation sites (tertiary alicyclic amines) is 1. The molecule has 0 bridgehead atoms. The van der Waals surface area contributed by atoms with E-state index < -0.39 is 10.0 Å². The number of rotatable bonds is 9. The SMILES string of the molecule is Cc1ccc(S(=O)(=O)NCC2CCCN(CC(=O)Nc3ccnn3Cc3ccccc3)C2)cc1. The number of piperidine rings is 1.